The number of aliphatic carboxylic acids is 1. The summed E-state index contributed by atoms with van der Waals surface area (Å²) in [5.41, 5.74) is 0.241. The van der Waals surface area contributed by atoms with Gasteiger partial charge in [0.25, 0.3) is 0 Å². The van der Waals surface area contributed by atoms with Crippen LogP contribution in [0.3, 0.4) is 0 Å². The molecule has 0 bridgehead atoms. The Hall–Kier alpha value is -1.93. The van der Waals surface area contributed by atoms with Crippen LogP contribution in [0.25, 0.3) is 11.1 Å². The summed E-state index contributed by atoms with van der Waals surface area (Å²) in [5.74, 6) is -1.45. The maximum absolute atomic E-state index is 12.2. The van der Waals surface area contributed by atoms with Crippen LogP contribution < -0.4 is 39.4 Å². The number of rotatable bonds is 6. The second-order valence-corrected chi connectivity index (χ2v) is 7.63. The van der Waals surface area contributed by atoms with E-state index < -0.39 is 21.6 Å². The predicted molar refractivity (Wildman–Crippen MR) is 95.0 cm³/mol. The van der Waals surface area contributed by atoms with Gasteiger partial charge in [-0.1, -0.05) is 24.3 Å². The Balaban J connectivity index is 0.00000364. The molecule has 0 N–H and O–H groups in total. The predicted octanol–water partition coefficient (Wildman–Crippen LogP) is -1.65. The summed E-state index contributed by atoms with van der Waals surface area (Å²) in [7, 11) is -1.92. The molecule has 0 heterocycles. The second kappa shape index (κ2) is 9.32. The monoisotopic (exact) mass is 396 g/mol. The zero-order valence-electron chi connectivity index (χ0n) is 15.5. The molecule has 0 aliphatic rings. The molecule has 0 aliphatic carbocycles. The van der Waals surface area contributed by atoms with Gasteiger partial charge in [-0.3, -0.25) is 4.79 Å². The molecule has 0 fully saturated rings. The van der Waals surface area contributed by atoms with Crippen molar-refractivity contribution in [1.29, 1.82) is 0 Å². The third-order valence-corrected chi connectivity index (χ3v) is 4.88. The van der Waals surface area contributed by atoms with Crippen LogP contribution in [0, 0.1) is 0 Å². The molecule has 136 valence electrons. The first kappa shape index (κ1) is 23.1. The third kappa shape index (κ3) is 5.52. The summed E-state index contributed by atoms with van der Waals surface area (Å²) in [4.78, 5) is 24.0. The van der Waals surface area contributed by atoms with E-state index in [2.05, 4.69) is 0 Å². The Labute approximate surface area is 180 Å². The number of hydrogen-bond donors (Lipinski definition) is 0. The van der Waals surface area contributed by atoms with Gasteiger partial charge in [0, 0.05) is 17.4 Å². The van der Waals surface area contributed by atoms with Crippen LogP contribution in [0.5, 0.6) is 5.75 Å². The van der Waals surface area contributed by atoms with Gasteiger partial charge in [-0.25, -0.2) is 8.42 Å². The zero-order valence-corrected chi connectivity index (χ0v) is 18.3. The van der Waals surface area contributed by atoms with Crippen LogP contribution in [0.4, 0.5) is 0 Å². The summed E-state index contributed by atoms with van der Waals surface area (Å²) in [6.45, 7) is 1.24. The smallest absolute Gasteiger partial charge is 0.545 e. The van der Waals surface area contributed by atoms with Gasteiger partial charge < -0.3 is 14.6 Å². The van der Waals surface area contributed by atoms with E-state index in [0.29, 0.717) is 11.3 Å². The Morgan fingerprint density at radius 2 is 1.33 bits per heavy atom. The van der Waals surface area contributed by atoms with E-state index in [0.717, 1.165) is 6.26 Å². The van der Waals surface area contributed by atoms with Crippen LogP contribution in [0.1, 0.15) is 18.1 Å². The van der Waals surface area contributed by atoms with Crippen molar-refractivity contribution in [3.63, 3.8) is 0 Å². The van der Waals surface area contributed by atoms with Crippen molar-refractivity contribution in [3.8, 4) is 5.75 Å². The van der Waals surface area contributed by atoms with E-state index in [4.69, 9.17) is 4.74 Å². The molecule has 2 aromatic carbocycles. The minimum Gasteiger partial charge on any atom is -0.545 e. The number of sulfone groups is 1. The van der Waals surface area contributed by atoms with Crippen molar-refractivity contribution < 1.29 is 57.4 Å². The molecule has 0 aromatic heterocycles. The number of benzene rings is 2. The van der Waals surface area contributed by atoms with E-state index in [-0.39, 0.29) is 51.2 Å². The van der Waals surface area contributed by atoms with Gasteiger partial charge >= 0.3 is 29.6 Å². The Morgan fingerprint density at radius 3 is 1.70 bits per heavy atom. The molecule has 2 aromatic rings. The number of Topliss-reactive ketones (excluding diaryl/α,β-unsaturated/α-hetero) is 1. The van der Waals surface area contributed by atoms with Gasteiger partial charge in [0.2, 0.25) is 0 Å². The SMILES string of the molecule is COc1ccc(/C(C(=O)[O-])=C(/C(C)=O)c2ccc(S(C)(=O)=O)cc2)cc1.[Na+]. The summed E-state index contributed by atoms with van der Waals surface area (Å²) >= 11 is 0. The number of ether oxygens (including phenoxy) is 1. The normalized spacial score (nSPS) is 11.8. The number of carboxylic acids is 1. The standard InChI is InChI=1S/C19H18O6S.Na/c1-12(20)17(13-6-10-16(11-7-13)26(3,23)24)18(19(21)22)14-4-8-15(25-2)9-5-14;/h4-11H,1-3H3,(H,21,22);/q;+1/p-1/b18-17+;. The minimum absolute atomic E-state index is 0. The molecule has 27 heavy (non-hydrogen) atoms. The van der Waals surface area contributed by atoms with E-state index in [1.807, 2.05) is 0 Å². The Morgan fingerprint density at radius 1 is 0.889 bits per heavy atom. The molecule has 0 aliphatic heterocycles. The summed E-state index contributed by atoms with van der Waals surface area (Å²) in [6.07, 6.45) is 1.06. The average Bonchev–Trinajstić information content (AvgIpc) is 2.58. The number of carbonyl (C=O) groups excluding carboxylic acids is 2. The summed E-state index contributed by atoms with van der Waals surface area (Å²) in [5, 5.41) is 11.8. The summed E-state index contributed by atoms with van der Waals surface area (Å²) < 4.78 is 28.2. The molecule has 0 spiro atoms. The molecule has 0 radical (unpaired) electrons. The minimum atomic E-state index is -3.41. The number of carbonyl (C=O) groups is 2. The molecule has 0 saturated carbocycles. The Bertz CT molecular complexity index is 974. The van der Waals surface area contributed by atoms with Gasteiger partial charge in [0.15, 0.2) is 15.6 Å². The fraction of sp³-hybridized carbons (Fsp3) is 0.158. The number of carboxylic acid groups (broad SMARTS) is 1. The number of allylic oxidation sites excluding steroid dienone is 1. The average molecular weight is 396 g/mol. The number of hydrogen-bond acceptors (Lipinski definition) is 6. The van der Waals surface area contributed by atoms with Gasteiger partial charge in [0.1, 0.15) is 5.75 Å². The molecule has 0 unspecified atom stereocenters. The van der Waals surface area contributed by atoms with Crippen molar-refractivity contribution in [2.45, 2.75) is 11.8 Å². The van der Waals surface area contributed by atoms with E-state index >= 15 is 0 Å². The quantitative estimate of drug-likeness (QED) is 0.330. The molecule has 2 rings (SSSR count). The van der Waals surface area contributed by atoms with E-state index in [1.54, 1.807) is 12.1 Å². The second-order valence-electron chi connectivity index (χ2n) is 5.62. The fourth-order valence-electron chi connectivity index (χ4n) is 2.51. The van der Waals surface area contributed by atoms with E-state index in [1.165, 1.54) is 50.4 Å². The first-order valence-corrected chi connectivity index (χ1v) is 9.45. The largest absolute Gasteiger partial charge is 1.00 e. The first-order chi connectivity index (χ1) is 12.1. The number of ketones is 1. The molecule has 8 heteroatoms. The van der Waals surface area contributed by atoms with Crippen LogP contribution in [0.15, 0.2) is 53.4 Å². The van der Waals surface area contributed by atoms with Gasteiger partial charge in [-0.2, -0.15) is 0 Å². The van der Waals surface area contributed by atoms with Gasteiger partial charge in [0.05, 0.1) is 18.0 Å². The fourth-order valence-corrected chi connectivity index (χ4v) is 3.14. The van der Waals surface area contributed by atoms with Gasteiger partial charge in [-0.15, -0.1) is 0 Å². The van der Waals surface area contributed by atoms with Crippen molar-refractivity contribution in [2.75, 3.05) is 13.4 Å². The van der Waals surface area contributed by atoms with Gasteiger partial charge in [-0.05, 0) is 42.3 Å². The van der Waals surface area contributed by atoms with Crippen molar-refractivity contribution in [2.24, 2.45) is 0 Å². The van der Waals surface area contributed by atoms with Crippen molar-refractivity contribution in [3.05, 3.63) is 59.7 Å². The third-order valence-electron chi connectivity index (χ3n) is 3.76. The van der Waals surface area contributed by atoms with Crippen LogP contribution in [-0.2, 0) is 19.4 Å². The van der Waals surface area contributed by atoms with Crippen molar-refractivity contribution in [1.82, 2.24) is 0 Å². The first-order valence-electron chi connectivity index (χ1n) is 7.56. The van der Waals surface area contributed by atoms with E-state index in [9.17, 15) is 23.1 Å². The number of methoxy groups -OCH3 is 1. The molecule has 6 nitrogen and oxygen atoms in total. The Kier molecular flexibility index (Phi) is 7.98. The van der Waals surface area contributed by atoms with Crippen molar-refractivity contribution >= 4 is 32.7 Å². The van der Waals surface area contributed by atoms with Crippen LogP contribution in [0.2, 0.25) is 0 Å². The van der Waals surface area contributed by atoms with Crippen LogP contribution in [-0.4, -0.2) is 33.5 Å². The molecule has 0 atom stereocenters. The topological polar surface area (TPSA) is 101 Å². The zero-order chi connectivity index (χ0) is 19.5. The maximum Gasteiger partial charge on any atom is 1.00 e. The summed E-state index contributed by atoms with van der Waals surface area (Å²) in [6, 6.07) is 11.6. The molecular formula is C19H17NaO6S. The molecule has 0 saturated heterocycles. The molecular weight excluding hydrogens is 379 g/mol. The van der Waals surface area contributed by atoms with Crippen LogP contribution >= 0.6 is 0 Å². The molecule has 0 amide bonds. The maximum atomic E-state index is 12.2.